The summed E-state index contributed by atoms with van der Waals surface area (Å²) in [5.74, 6) is -0.0532. The van der Waals surface area contributed by atoms with Crippen LogP contribution in [0, 0.1) is 11.3 Å². The Balaban J connectivity index is 1.42. The highest BCUT2D eigenvalue weighted by Gasteiger charge is 2.22. The third-order valence-electron chi connectivity index (χ3n) is 6.57. The maximum atomic E-state index is 13.2. The van der Waals surface area contributed by atoms with Gasteiger partial charge in [-0.2, -0.15) is 5.26 Å². The molecule has 0 spiro atoms. The van der Waals surface area contributed by atoms with Gasteiger partial charge in [0, 0.05) is 47.8 Å². The topological polar surface area (TPSA) is 91.9 Å². The average Bonchev–Trinajstić information content (AvgIpc) is 3.40. The van der Waals surface area contributed by atoms with Crippen molar-refractivity contribution >= 4 is 29.3 Å². The number of benzene rings is 2. The highest BCUT2D eigenvalue weighted by molar-refractivity contribution is 6.31. The molecule has 182 valence electrons. The SMILES string of the molecule is CC(C)(C#N)c1cccc(C(=O)Cc2cc(Cc3ncccc3-c3ncnc4c3N=CC4)ccc2Cl)c1. The molecule has 7 heteroatoms. The number of carbonyl (C=O) groups excluding carboxylic acids is 1. The van der Waals surface area contributed by atoms with Crippen molar-refractivity contribution in [3.8, 4) is 17.3 Å². The number of nitrogens with zero attached hydrogens (tertiary/aromatic N) is 5. The summed E-state index contributed by atoms with van der Waals surface area (Å²) in [6.07, 6.45) is 6.58. The lowest BCUT2D eigenvalue weighted by Gasteiger charge is -2.16. The highest BCUT2D eigenvalue weighted by atomic mass is 35.5. The summed E-state index contributed by atoms with van der Waals surface area (Å²) in [5, 5.41) is 10.0. The monoisotopic (exact) mass is 505 g/mol. The Morgan fingerprint density at radius 3 is 2.78 bits per heavy atom. The number of pyridine rings is 1. The van der Waals surface area contributed by atoms with Gasteiger partial charge < -0.3 is 0 Å². The lowest BCUT2D eigenvalue weighted by molar-refractivity contribution is 0.0993. The van der Waals surface area contributed by atoms with Crippen LogP contribution in [0.4, 0.5) is 5.69 Å². The Morgan fingerprint density at radius 2 is 1.95 bits per heavy atom. The molecule has 1 aliphatic heterocycles. The van der Waals surface area contributed by atoms with Crippen molar-refractivity contribution in [1.29, 1.82) is 5.26 Å². The molecule has 1 aliphatic rings. The van der Waals surface area contributed by atoms with Crippen molar-refractivity contribution in [2.75, 3.05) is 0 Å². The first-order valence-corrected chi connectivity index (χ1v) is 12.4. The van der Waals surface area contributed by atoms with E-state index in [0.29, 0.717) is 23.4 Å². The number of ketones is 1. The predicted molar refractivity (Wildman–Crippen MR) is 144 cm³/mol. The Kier molecular flexibility index (Phi) is 6.64. The first-order chi connectivity index (χ1) is 17.9. The Labute approximate surface area is 220 Å². The summed E-state index contributed by atoms with van der Waals surface area (Å²) in [5.41, 5.74) is 6.67. The lowest BCUT2D eigenvalue weighted by atomic mass is 9.85. The molecule has 0 amide bonds. The zero-order valence-corrected chi connectivity index (χ0v) is 21.3. The molecule has 2 aromatic heterocycles. The number of rotatable bonds is 7. The van der Waals surface area contributed by atoms with Gasteiger partial charge >= 0.3 is 0 Å². The van der Waals surface area contributed by atoms with Crippen LogP contribution in [0.5, 0.6) is 0 Å². The zero-order valence-electron chi connectivity index (χ0n) is 20.6. The molecule has 0 radical (unpaired) electrons. The van der Waals surface area contributed by atoms with Gasteiger partial charge in [-0.3, -0.25) is 14.8 Å². The van der Waals surface area contributed by atoms with Crippen LogP contribution in [-0.2, 0) is 24.7 Å². The van der Waals surface area contributed by atoms with Gasteiger partial charge in [0.25, 0.3) is 0 Å². The quantitative estimate of drug-likeness (QED) is 0.276. The normalized spacial score (nSPS) is 12.3. The molecule has 2 aromatic carbocycles. The number of Topliss-reactive ketones (excluding diaryl/α,β-unsaturated/α-hetero) is 1. The molecule has 0 saturated heterocycles. The molecule has 0 saturated carbocycles. The number of fused-ring (bicyclic) bond motifs is 1. The van der Waals surface area contributed by atoms with Crippen molar-refractivity contribution in [2.24, 2.45) is 4.99 Å². The number of aromatic nitrogens is 3. The van der Waals surface area contributed by atoms with E-state index in [0.717, 1.165) is 45.0 Å². The van der Waals surface area contributed by atoms with Gasteiger partial charge in [0.1, 0.15) is 17.7 Å². The van der Waals surface area contributed by atoms with Crippen LogP contribution in [0.25, 0.3) is 11.3 Å². The summed E-state index contributed by atoms with van der Waals surface area (Å²) in [6.45, 7) is 3.68. The van der Waals surface area contributed by atoms with Gasteiger partial charge in [-0.25, -0.2) is 9.97 Å². The first kappa shape index (κ1) is 24.5. The maximum Gasteiger partial charge on any atom is 0.167 e. The largest absolute Gasteiger partial charge is 0.294 e. The minimum atomic E-state index is -0.677. The Bertz CT molecular complexity index is 1590. The Hall–Kier alpha value is -4.21. The number of aliphatic imine (C=N–C) groups is 1. The summed E-state index contributed by atoms with van der Waals surface area (Å²) < 4.78 is 0. The van der Waals surface area contributed by atoms with E-state index in [1.54, 1.807) is 24.7 Å². The van der Waals surface area contributed by atoms with E-state index in [4.69, 9.17) is 11.6 Å². The molecule has 5 rings (SSSR count). The molecule has 0 aliphatic carbocycles. The molecule has 0 fully saturated rings. The molecule has 6 nitrogen and oxygen atoms in total. The standard InChI is InChI=1S/C30H24ClN5O/c1-30(2,17-32)22-6-3-5-20(15-22)27(37)16-21-13-19(8-9-24(21)31)14-26-23(7-4-11-33-26)28-29-25(10-12-34-29)35-18-36-28/h3-9,11-13,15,18H,10,14,16H2,1-2H3. The molecule has 0 bridgehead atoms. The van der Waals surface area contributed by atoms with E-state index in [2.05, 4.69) is 26.0 Å². The van der Waals surface area contributed by atoms with Crippen molar-refractivity contribution in [1.82, 2.24) is 15.0 Å². The van der Waals surface area contributed by atoms with Gasteiger partial charge in [0.05, 0.1) is 22.9 Å². The molecule has 0 atom stereocenters. The van der Waals surface area contributed by atoms with Crippen LogP contribution in [-0.4, -0.2) is 26.9 Å². The highest BCUT2D eigenvalue weighted by Crippen LogP contribution is 2.35. The second kappa shape index (κ2) is 10.0. The van der Waals surface area contributed by atoms with Crippen molar-refractivity contribution < 1.29 is 4.79 Å². The average molecular weight is 506 g/mol. The second-order valence-electron chi connectivity index (χ2n) is 9.55. The molecular weight excluding hydrogens is 482 g/mol. The van der Waals surface area contributed by atoms with Crippen molar-refractivity contribution in [2.45, 2.75) is 38.5 Å². The van der Waals surface area contributed by atoms with Crippen LogP contribution in [0.15, 0.2) is 72.1 Å². The number of hydrogen-bond acceptors (Lipinski definition) is 6. The van der Waals surface area contributed by atoms with Gasteiger partial charge in [-0.05, 0) is 54.8 Å². The smallest absolute Gasteiger partial charge is 0.167 e. The molecule has 3 heterocycles. The summed E-state index contributed by atoms with van der Waals surface area (Å²) in [4.78, 5) is 31.1. The number of halogens is 1. The summed E-state index contributed by atoms with van der Waals surface area (Å²) in [6, 6.07) is 19.2. The van der Waals surface area contributed by atoms with Crippen LogP contribution < -0.4 is 0 Å². The van der Waals surface area contributed by atoms with E-state index in [-0.39, 0.29) is 12.2 Å². The predicted octanol–water partition coefficient (Wildman–Crippen LogP) is 6.27. The first-order valence-electron chi connectivity index (χ1n) is 12.0. The summed E-state index contributed by atoms with van der Waals surface area (Å²) in [7, 11) is 0. The fourth-order valence-corrected chi connectivity index (χ4v) is 4.59. The second-order valence-corrected chi connectivity index (χ2v) is 9.96. The maximum absolute atomic E-state index is 13.2. The third kappa shape index (κ3) is 5.04. The van der Waals surface area contributed by atoms with Gasteiger partial charge in [0.15, 0.2) is 5.78 Å². The van der Waals surface area contributed by atoms with Gasteiger partial charge in [-0.1, -0.05) is 41.9 Å². The summed E-state index contributed by atoms with van der Waals surface area (Å²) >= 11 is 6.50. The fourth-order valence-electron chi connectivity index (χ4n) is 4.40. The lowest BCUT2D eigenvalue weighted by Crippen LogP contribution is -2.15. The Morgan fingerprint density at radius 1 is 1.08 bits per heavy atom. The van der Waals surface area contributed by atoms with E-state index in [9.17, 15) is 10.1 Å². The van der Waals surface area contributed by atoms with E-state index in [1.165, 1.54) is 0 Å². The number of nitriles is 1. The van der Waals surface area contributed by atoms with Crippen molar-refractivity contribution in [3.63, 3.8) is 0 Å². The van der Waals surface area contributed by atoms with Gasteiger partial charge in [-0.15, -0.1) is 0 Å². The molecule has 0 N–H and O–H groups in total. The van der Waals surface area contributed by atoms with Crippen LogP contribution in [0.1, 0.15) is 52.3 Å². The molecule has 0 unspecified atom stereocenters. The van der Waals surface area contributed by atoms with Crippen molar-refractivity contribution in [3.05, 3.63) is 106 Å². The fraction of sp³-hybridized carbons (Fsp3) is 0.200. The zero-order chi connectivity index (χ0) is 26.0. The van der Waals surface area contributed by atoms with E-state index in [1.807, 2.05) is 62.5 Å². The molecule has 37 heavy (non-hydrogen) atoms. The number of carbonyl (C=O) groups is 1. The van der Waals surface area contributed by atoms with Crippen LogP contribution in [0.2, 0.25) is 5.02 Å². The van der Waals surface area contributed by atoms with E-state index < -0.39 is 5.41 Å². The van der Waals surface area contributed by atoms with Crippen LogP contribution in [0.3, 0.4) is 0 Å². The third-order valence-corrected chi connectivity index (χ3v) is 6.94. The molecule has 4 aromatic rings. The van der Waals surface area contributed by atoms with Gasteiger partial charge in [0.2, 0.25) is 0 Å². The minimum Gasteiger partial charge on any atom is -0.294 e. The molecular formula is C30H24ClN5O. The minimum absolute atomic E-state index is 0.0532. The van der Waals surface area contributed by atoms with Crippen LogP contribution >= 0.6 is 11.6 Å². The van der Waals surface area contributed by atoms with E-state index >= 15 is 0 Å². The number of hydrogen-bond donors (Lipinski definition) is 0.